The van der Waals surface area contributed by atoms with E-state index in [1.54, 1.807) is 19.3 Å². The fourth-order valence-electron chi connectivity index (χ4n) is 3.61. The molecule has 6 nitrogen and oxygen atoms in total. The number of nitrogens with one attached hydrogen (secondary N) is 2. The highest BCUT2D eigenvalue weighted by Crippen LogP contribution is 2.56. The molecule has 1 aromatic rings. The Bertz CT molecular complexity index is 629. The Hall–Kier alpha value is -1.50. The predicted molar refractivity (Wildman–Crippen MR) is 82.6 cm³/mol. The summed E-state index contributed by atoms with van der Waals surface area (Å²) >= 11 is 3.46. The molecule has 1 spiro atoms. The van der Waals surface area contributed by atoms with Crippen molar-refractivity contribution in [3.8, 4) is 0 Å². The molecule has 3 N–H and O–H groups in total. The molecular weight excluding hydrogens is 338 g/mol. The lowest BCUT2D eigenvalue weighted by atomic mass is 9.52. The number of carbonyl (C=O) groups is 1. The molecule has 0 bridgehead atoms. The second-order valence-electron chi connectivity index (χ2n) is 6.29. The summed E-state index contributed by atoms with van der Waals surface area (Å²) in [7, 11) is 1.72. The summed E-state index contributed by atoms with van der Waals surface area (Å²) in [5.41, 5.74) is 1.10. The normalized spacial score (nSPS) is 30.4. The summed E-state index contributed by atoms with van der Waals surface area (Å²) in [5.74, 6) is 0. The van der Waals surface area contributed by atoms with Crippen LogP contribution in [-0.4, -0.2) is 27.9 Å². The van der Waals surface area contributed by atoms with Crippen LogP contribution in [0.2, 0.25) is 0 Å². The minimum absolute atomic E-state index is 0.0379. The third kappa shape index (κ3) is 2.79. The molecule has 7 heteroatoms. The van der Waals surface area contributed by atoms with E-state index in [1.165, 1.54) is 4.57 Å². The van der Waals surface area contributed by atoms with Gasteiger partial charge in [0.2, 0.25) is 0 Å². The number of aryl methyl sites for hydroxylation is 1. The zero-order valence-electron chi connectivity index (χ0n) is 11.7. The van der Waals surface area contributed by atoms with Gasteiger partial charge in [-0.05, 0) is 47.0 Å². The van der Waals surface area contributed by atoms with E-state index < -0.39 is 6.09 Å². The fraction of sp³-hybridized carbons (Fsp3) is 0.571. The molecule has 0 saturated heterocycles. The molecule has 1 aromatic heterocycles. The van der Waals surface area contributed by atoms with Crippen LogP contribution in [0.3, 0.4) is 0 Å². The maximum atomic E-state index is 11.7. The first-order valence-corrected chi connectivity index (χ1v) is 7.78. The van der Waals surface area contributed by atoms with Gasteiger partial charge in [0, 0.05) is 31.4 Å². The smallest absolute Gasteiger partial charge is 0.404 e. The highest BCUT2D eigenvalue weighted by molar-refractivity contribution is 9.10. The van der Waals surface area contributed by atoms with Gasteiger partial charge >= 0.3 is 6.09 Å². The number of hydrogen-bond acceptors (Lipinski definition) is 3. The summed E-state index contributed by atoms with van der Waals surface area (Å²) in [4.78, 5) is 22.2. The van der Waals surface area contributed by atoms with E-state index in [0.717, 1.165) is 35.8 Å². The highest BCUT2D eigenvalue weighted by atomic mass is 79.9. The maximum absolute atomic E-state index is 11.7. The number of carboxylic acid groups (broad SMARTS) is 1. The van der Waals surface area contributed by atoms with Crippen molar-refractivity contribution in [2.75, 3.05) is 5.32 Å². The number of pyridine rings is 1. The molecule has 0 unspecified atom stereocenters. The average Bonchev–Trinajstić information content (AvgIpc) is 2.29. The van der Waals surface area contributed by atoms with Crippen LogP contribution >= 0.6 is 15.9 Å². The van der Waals surface area contributed by atoms with Crippen LogP contribution in [0.5, 0.6) is 0 Å². The minimum atomic E-state index is -0.937. The van der Waals surface area contributed by atoms with Crippen molar-refractivity contribution in [1.82, 2.24) is 9.88 Å². The molecule has 2 fully saturated rings. The number of hydrogen-bond donors (Lipinski definition) is 3. The zero-order valence-corrected chi connectivity index (χ0v) is 13.3. The van der Waals surface area contributed by atoms with Gasteiger partial charge in [-0.3, -0.25) is 4.79 Å². The number of amides is 1. The van der Waals surface area contributed by atoms with Gasteiger partial charge in [0.1, 0.15) is 0 Å². The van der Waals surface area contributed by atoms with Crippen LogP contribution in [0.15, 0.2) is 21.5 Å². The van der Waals surface area contributed by atoms with Gasteiger partial charge in [-0.15, -0.1) is 0 Å². The molecule has 0 radical (unpaired) electrons. The third-order valence-corrected chi connectivity index (χ3v) is 5.22. The molecule has 0 atom stereocenters. The van der Waals surface area contributed by atoms with Crippen LogP contribution in [0.4, 0.5) is 10.5 Å². The molecule has 1 amide bonds. The molecule has 2 aliphatic rings. The lowest BCUT2D eigenvalue weighted by molar-refractivity contribution is -0.0100. The summed E-state index contributed by atoms with van der Waals surface area (Å²) in [6, 6.07) is 2.07. The largest absolute Gasteiger partial charge is 0.465 e. The zero-order chi connectivity index (χ0) is 15.2. The summed E-state index contributed by atoms with van der Waals surface area (Å²) in [6.07, 6.45) is 4.74. The van der Waals surface area contributed by atoms with Gasteiger partial charge in [0.05, 0.1) is 10.2 Å². The SMILES string of the molecule is Cn1cc(Br)c(NC2CC3(CC(NC(=O)O)C3)C2)cc1=O. The summed E-state index contributed by atoms with van der Waals surface area (Å²) in [6.45, 7) is 0. The maximum Gasteiger partial charge on any atom is 0.404 e. The van der Waals surface area contributed by atoms with Crippen molar-refractivity contribution in [2.45, 2.75) is 37.8 Å². The molecule has 21 heavy (non-hydrogen) atoms. The molecule has 2 saturated carbocycles. The Balaban J connectivity index is 1.53. The predicted octanol–water partition coefficient (Wildman–Crippen LogP) is 2.14. The molecule has 3 rings (SSSR count). The number of halogens is 1. The average molecular weight is 356 g/mol. The second-order valence-corrected chi connectivity index (χ2v) is 7.14. The Kier molecular flexibility index (Phi) is 3.47. The quantitative estimate of drug-likeness (QED) is 0.775. The highest BCUT2D eigenvalue weighted by Gasteiger charge is 2.53. The lowest BCUT2D eigenvalue weighted by Gasteiger charge is -2.57. The van der Waals surface area contributed by atoms with E-state index in [9.17, 15) is 9.59 Å². The first-order valence-electron chi connectivity index (χ1n) is 6.99. The third-order valence-electron chi connectivity index (χ3n) is 4.58. The summed E-state index contributed by atoms with van der Waals surface area (Å²) in [5, 5.41) is 14.6. The molecule has 0 aromatic carbocycles. The number of aromatic nitrogens is 1. The van der Waals surface area contributed by atoms with Gasteiger partial charge < -0.3 is 20.3 Å². The molecule has 114 valence electrons. The van der Waals surface area contributed by atoms with E-state index >= 15 is 0 Å². The van der Waals surface area contributed by atoms with Crippen molar-refractivity contribution in [3.05, 3.63) is 27.1 Å². The number of nitrogens with zero attached hydrogens (tertiary/aromatic N) is 1. The number of anilines is 1. The van der Waals surface area contributed by atoms with E-state index in [2.05, 4.69) is 26.6 Å². The van der Waals surface area contributed by atoms with Crippen molar-refractivity contribution in [3.63, 3.8) is 0 Å². The molecule has 0 aliphatic heterocycles. The monoisotopic (exact) mass is 355 g/mol. The van der Waals surface area contributed by atoms with Crippen LogP contribution in [0.1, 0.15) is 25.7 Å². The fourth-order valence-corrected chi connectivity index (χ4v) is 4.15. The first kappa shape index (κ1) is 14.4. The van der Waals surface area contributed by atoms with Crippen molar-refractivity contribution in [2.24, 2.45) is 12.5 Å². The molecule has 1 heterocycles. The molecule has 2 aliphatic carbocycles. The van der Waals surface area contributed by atoms with Gasteiger partial charge in [-0.1, -0.05) is 0 Å². The van der Waals surface area contributed by atoms with E-state index in [1.807, 2.05) is 0 Å². The van der Waals surface area contributed by atoms with Gasteiger partial charge in [-0.2, -0.15) is 0 Å². The Morgan fingerprint density at radius 1 is 1.38 bits per heavy atom. The van der Waals surface area contributed by atoms with Crippen molar-refractivity contribution in [1.29, 1.82) is 0 Å². The van der Waals surface area contributed by atoms with Crippen molar-refractivity contribution < 1.29 is 9.90 Å². The summed E-state index contributed by atoms with van der Waals surface area (Å²) < 4.78 is 2.41. The minimum Gasteiger partial charge on any atom is -0.465 e. The Morgan fingerprint density at radius 2 is 2.00 bits per heavy atom. The number of rotatable bonds is 3. The Morgan fingerprint density at radius 3 is 2.62 bits per heavy atom. The van der Waals surface area contributed by atoms with E-state index in [0.29, 0.717) is 11.5 Å². The lowest BCUT2D eigenvalue weighted by Crippen LogP contribution is -2.59. The second kappa shape index (κ2) is 5.05. The van der Waals surface area contributed by atoms with E-state index in [4.69, 9.17) is 5.11 Å². The van der Waals surface area contributed by atoms with Gasteiger partial charge in [-0.25, -0.2) is 4.79 Å². The topological polar surface area (TPSA) is 83.4 Å². The van der Waals surface area contributed by atoms with Crippen LogP contribution < -0.4 is 16.2 Å². The standard InChI is InChI=1S/C14H18BrN3O3/c1-18-7-10(15)11(2-12(18)19)16-8-3-14(4-8)5-9(6-14)17-13(20)21/h2,7-9,16-17H,3-6H2,1H3,(H,20,21). The van der Waals surface area contributed by atoms with Gasteiger partial charge in [0.15, 0.2) is 0 Å². The van der Waals surface area contributed by atoms with Crippen molar-refractivity contribution >= 4 is 27.7 Å². The molecular formula is C14H18BrN3O3. The first-order chi connectivity index (χ1) is 9.87. The van der Waals surface area contributed by atoms with Crippen LogP contribution in [0.25, 0.3) is 0 Å². The van der Waals surface area contributed by atoms with Crippen LogP contribution in [-0.2, 0) is 7.05 Å². The van der Waals surface area contributed by atoms with Crippen LogP contribution in [0, 0.1) is 5.41 Å². The van der Waals surface area contributed by atoms with Gasteiger partial charge in [0.25, 0.3) is 5.56 Å². The van der Waals surface area contributed by atoms with E-state index in [-0.39, 0.29) is 11.6 Å². The Labute approximate surface area is 130 Å².